The molecule has 2 saturated heterocycles. The Hall–Kier alpha value is -3.31. The molecule has 5 rings (SSSR count). The van der Waals surface area contributed by atoms with Crippen molar-refractivity contribution >= 4 is 40.8 Å². The lowest BCUT2D eigenvalue weighted by atomic mass is 9.91. The summed E-state index contributed by atoms with van der Waals surface area (Å²) in [6.07, 6.45) is 7.85. The fourth-order valence-electron chi connectivity index (χ4n) is 6.28. The zero-order valence-electron chi connectivity index (χ0n) is 24.8. The van der Waals surface area contributed by atoms with Crippen LogP contribution in [0.2, 0.25) is 0 Å². The third-order valence-electron chi connectivity index (χ3n) is 8.81. The van der Waals surface area contributed by atoms with Crippen molar-refractivity contribution in [3.05, 3.63) is 45.6 Å². The molecule has 2 aliphatic heterocycles. The average molecular weight is 596 g/mol. The Bertz CT molecular complexity index is 1350. The number of piperidine rings is 1. The number of aliphatic hydroxyl groups is 1. The van der Waals surface area contributed by atoms with Crippen LogP contribution in [0.25, 0.3) is 5.57 Å². The molecule has 4 atom stereocenters. The molecule has 0 aromatic carbocycles. The number of likely N-dealkylation sites (tertiary alicyclic amines) is 1. The van der Waals surface area contributed by atoms with Gasteiger partial charge in [0.1, 0.15) is 18.2 Å². The number of anilines is 1. The normalized spacial score (nSPS) is 23.0. The molecule has 4 heterocycles. The molecular formula is C31H41N5O5S. The van der Waals surface area contributed by atoms with Crippen molar-refractivity contribution in [1.29, 1.82) is 0 Å². The number of rotatable bonds is 9. The molecular weight excluding hydrogens is 554 g/mol. The maximum absolute atomic E-state index is 14.0. The number of aliphatic hydroxyl groups excluding tert-OH is 1. The summed E-state index contributed by atoms with van der Waals surface area (Å²) in [5.41, 5.74) is 5.28. The third kappa shape index (κ3) is 6.36. The van der Waals surface area contributed by atoms with Crippen molar-refractivity contribution in [3.63, 3.8) is 0 Å². The predicted octanol–water partition coefficient (Wildman–Crippen LogP) is 3.86. The van der Waals surface area contributed by atoms with Gasteiger partial charge >= 0.3 is 0 Å². The van der Waals surface area contributed by atoms with Crippen LogP contribution < -0.4 is 10.2 Å². The lowest BCUT2D eigenvalue weighted by Crippen LogP contribution is -2.50. The molecule has 2 fully saturated rings. The fraction of sp³-hybridized carbons (Fsp3) is 0.581. The number of amides is 2. The number of nitrogens with zero attached hydrogens (tertiary/aromatic N) is 4. The highest BCUT2D eigenvalue weighted by Crippen LogP contribution is 2.34. The fourth-order valence-corrected chi connectivity index (χ4v) is 7.14. The highest BCUT2D eigenvalue weighted by molar-refractivity contribution is 7.10. The van der Waals surface area contributed by atoms with Crippen molar-refractivity contribution in [1.82, 2.24) is 20.4 Å². The molecule has 0 bridgehead atoms. The van der Waals surface area contributed by atoms with Crippen LogP contribution in [0.1, 0.15) is 75.1 Å². The van der Waals surface area contributed by atoms with Crippen LogP contribution >= 0.6 is 11.3 Å². The first kappa shape index (κ1) is 30.2. The number of aromatic nitrogens is 2. The van der Waals surface area contributed by atoms with Crippen LogP contribution in [-0.4, -0.2) is 76.1 Å². The summed E-state index contributed by atoms with van der Waals surface area (Å²) in [4.78, 5) is 47.7. The zero-order chi connectivity index (χ0) is 30.0. The minimum absolute atomic E-state index is 0.0707. The third-order valence-corrected chi connectivity index (χ3v) is 9.81. The van der Waals surface area contributed by atoms with Gasteiger partial charge < -0.3 is 29.5 Å². The van der Waals surface area contributed by atoms with E-state index in [0.29, 0.717) is 24.7 Å². The lowest BCUT2D eigenvalue weighted by Gasteiger charge is -2.30. The summed E-state index contributed by atoms with van der Waals surface area (Å²) in [5.74, 6) is -0.0993. The van der Waals surface area contributed by atoms with Crippen LogP contribution in [0.5, 0.6) is 0 Å². The summed E-state index contributed by atoms with van der Waals surface area (Å²) >= 11 is 1.64. The van der Waals surface area contributed by atoms with Gasteiger partial charge in [0.2, 0.25) is 11.8 Å². The Morgan fingerprint density at radius 1 is 1.19 bits per heavy atom. The second kappa shape index (κ2) is 12.9. The summed E-state index contributed by atoms with van der Waals surface area (Å²) in [5, 5.41) is 17.9. The van der Waals surface area contributed by atoms with Crippen LogP contribution in [0, 0.1) is 18.8 Å². The molecule has 1 aliphatic carbocycles. The number of nitrogens with one attached hydrogen (secondary N) is 1. The number of hydrogen-bond donors (Lipinski definition) is 2. The SMILES string of the molecule is Cc1ncsc1C1=CC=C([C@H](C)NC(=O)[C@@H]2C[C@@H](O)CN2C(=O)[C@@H](c2cc(N3CCC(C=O)CC3)no2)C(C)C)CC1. The maximum Gasteiger partial charge on any atom is 0.243 e. The number of thiazole rings is 1. The van der Waals surface area contributed by atoms with E-state index in [0.717, 1.165) is 43.2 Å². The maximum atomic E-state index is 14.0. The summed E-state index contributed by atoms with van der Waals surface area (Å²) in [7, 11) is 0. The molecule has 2 aromatic heterocycles. The molecule has 0 radical (unpaired) electrons. The van der Waals surface area contributed by atoms with Crippen LogP contribution in [0.3, 0.4) is 0 Å². The molecule has 10 nitrogen and oxygen atoms in total. The highest BCUT2D eigenvalue weighted by atomic mass is 32.1. The van der Waals surface area contributed by atoms with E-state index in [1.165, 1.54) is 15.4 Å². The molecule has 11 heteroatoms. The standard InChI is InChI=1S/C31H41N5O5S/c1-18(2)28(26-14-27(34-41-26)35-11-9-21(16-37)10-12-35)31(40)36-15-24(38)13-25(36)30(39)33-19(3)22-5-7-23(8-6-22)29-20(4)32-17-42-29/h5,7,14,16-19,21,24-25,28,38H,6,8-13,15H2,1-4H3,(H,33,39)/t19-,24+,25-,28+/m0/s1. The minimum Gasteiger partial charge on any atom is -0.391 e. The van der Waals surface area contributed by atoms with Gasteiger partial charge in [-0.05, 0) is 56.6 Å². The van der Waals surface area contributed by atoms with Gasteiger partial charge in [-0.1, -0.05) is 31.2 Å². The second-order valence-electron chi connectivity index (χ2n) is 12.1. The first-order valence-corrected chi connectivity index (χ1v) is 15.8. The van der Waals surface area contributed by atoms with E-state index in [-0.39, 0.29) is 42.7 Å². The van der Waals surface area contributed by atoms with Gasteiger partial charge in [0, 0.05) is 44.1 Å². The molecule has 2 amide bonds. The number of aryl methyl sites for hydroxylation is 1. The second-order valence-corrected chi connectivity index (χ2v) is 13.0. The monoisotopic (exact) mass is 595 g/mol. The quantitative estimate of drug-likeness (QED) is 0.418. The topological polar surface area (TPSA) is 129 Å². The zero-order valence-corrected chi connectivity index (χ0v) is 25.6. The van der Waals surface area contributed by atoms with Crippen molar-refractivity contribution < 1.29 is 24.0 Å². The van der Waals surface area contributed by atoms with Crippen LogP contribution in [0.4, 0.5) is 5.82 Å². The number of hydrogen-bond acceptors (Lipinski definition) is 9. The number of β-amino-alcohol motifs (C(OH)–C–C–N with tert-alkyl or cyclic N) is 1. The molecule has 0 saturated carbocycles. The molecule has 2 aromatic rings. The molecule has 2 N–H and O–H groups in total. The summed E-state index contributed by atoms with van der Waals surface area (Å²) < 4.78 is 5.70. The number of carbonyl (C=O) groups is 3. The average Bonchev–Trinajstić information content (AvgIpc) is 3.73. The Labute approximate surface area is 250 Å². The molecule has 0 unspecified atom stereocenters. The molecule has 42 heavy (non-hydrogen) atoms. The Morgan fingerprint density at radius 2 is 1.95 bits per heavy atom. The smallest absolute Gasteiger partial charge is 0.243 e. The minimum atomic E-state index is -0.778. The van der Waals surface area contributed by atoms with Crippen molar-refractivity contribution in [2.24, 2.45) is 11.8 Å². The number of allylic oxidation sites excluding steroid dienone is 3. The lowest BCUT2D eigenvalue weighted by molar-refractivity contribution is -0.141. The summed E-state index contributed by atoms with van der Waals surface area (Å²) in [6, 6.07) is 0.836. The van der Waals surface area contributed by atoms with E-state index in [1.807, 2.05) is 33.2 Å². The molecule has 0 spiro atoms. The van der Waals surface area contributed by atoms with Gasteiger partial charge in [0.05, 0.1) is 22.2 Å². The largest absolute Gasteiger partial charge is 0.391 e. The van der Waals surface area contributed by atoms with E-state index >= 15 is 0 Å². The van der Waals surface area contributed by atoms with Gasteiger partial charge in [0.15, 0.2) is 11.6 Å². The summed E-state index contributed by atoms with van der Waals surface area (Å²) in [6.45, 7) is 9.35. The van der Waals surface area contributed by atoms with E-state index in [2.05, 4.69) is 32.5 Å². The van der Waals surface area contributed by atoms with Gasteiger partial charge in [-0.15, -0.1) is 11.3 Å². The van der Waals surface area contributed by atoms with E-state index in [1.54, 1.807) is 17.4 Å². The molecule has 3 aliphatic rings. The Morgan fingerprint density at radius 3 is 2.57 bits per heavy atom. The van der Waals surface area contributed by atoms with Crippen LogP contribution in [-0.2, 0) is 14.4 Å². The van der Waals surface area contributed by atoms with E-state index in [9.17, 15) is 19.5 Å². The molecule has 226 valence electrons. The van der Waals surface area contributed by atoms with Crippen molar-refractivity contribution in [2.45, 2.75) is 83.9 Å². The highest BCUT2D eigenvalue weighted by Gasteiger charge is 2.43. The predicted molar refractivity (Wildman–Crippen MR) is 161 cm³/mol. The number of aldehydes is 1. The Balaban J connectivity index is 1.26. The van der Waals surface area contributed by atoms with Gasteiger partial charge in [-0.2, -0.15) is 0 Å². The van der Waals surface area contributed by atoms with E-state index in [4.69, 9.17) is 4.52 Å². The Kier molecular flexibility index (Phi) is 9.27. The van der Waals surface area contributed by atoms with Crippen molar-refractivity contribution in [3.8, 4) is 0 Å². The van der Waals surface area contributed by atoms with Gasteiger partial charge in [0.25, 0.3) is 0 Å². The van der Waals surface area contributed by atoms with Crippen molar-refractivity contribution in [2.75, 3.05) is 24.5 Å². The first-order chi connectivity index (χ1) is 20.2. The van der Waals surface area contributed by atoms with Crippen LogP contribution in [0.15, 0.2) is 33.8 Å². The van der Waals surface area contributed by atoms with Gasteiger partial charge in [-0.3, -0.25) is 9.59 Å². The first-order valence-electron chi connectivity index (χ1n) is 14.9. The van der Waals surface area contributed by atoms with Gasteiger partial charge in [-0.25, -0.2) is 4.98 Å². The number of carbonyl (C=O) groups excluding carboxylic acids is 3. The van der Waals surface area contributed by atoms with E-state index < -0.39 is 18.1 Å².